The minimum atomic E-state index is -0.484. The van der Waals surface area contributed by atoms with Crippen molar-refractivity contribution in [2.75, 3.05) is 14.2 Å². The molecule has 3 aromatic rings. The van der Waals surface area contributed by atoms with Gasteiger partial charge >= 0.3 is 5.97 Å². The molecule has 2 heterocycles. The molecule has 4 rings (SSSR count). The topological polar surface area (TPSA) is 104 Å². The van der Waals surface area contributed by atoms with Crippen LogP contribution in [-0.2, 0) is 20.9 Å². The van der Waals surface area contributed by atoms with Crippen molar-refractivity contribution in [1.82, 2.24) is 15.0 Å². The van der Waals surface area contributed by atoms with E-state index < -0.39 is 12.0 Å². The highest BCUT2D eigenvalue weighted by Crippen LogP contribution is 2.33. The van der Waals surface area contributed by atoms with Gasteiger partial charge in [-0.1, -0.05) is 29.4 Å². The van der Waals surface area contributed by atoms with E-state index in [0.717, 1.165) is 11.1 Å². The summed E-state index contributed by atoms with van der Waals surface area (Å²) in [6.07, 6.45) is 3.54. The summed E-state index contributed by atoms with van der Waals surface area (Å²) in [4.78, 5) is 30.5. The summed E-state index contributed by atoms with van der Waals surface area (Å²) in [5.74, 6) is 0.955. The Bertz CT molecular complexity index is 1200. The molecule has 1 aromatic heterocycles. The Morgan fingerprint density at radius 3 is 2.64 bits per heavy atom. The summed E-state index contributed by atoms with van der Waals surface area (Å²) >= 11 is 0. The van der Waals surface area contributed by atoms with Gasteiger partial charge in [0, 0.05) is 18.7 Å². The minimum absolute atomic E-state index is 0.00237. The van der Waals surface area contributed by atoms with Gasteiger partial charge in [0.05, 0.1) is 26.7 Å². The normalized spacial score (nSPS) is 14.5. The fourth-order valence-electron chi connectivity index (χ4n) is 3.68. The van der Waals surface area contributed by atoms with Crippen molar-refractivity contribution >= 4 is 18.0 Å². The monoisotopic (exact) mass is 449 g/mol. The lowest BCUT2D eigenvalue weighted by atomic mass is 9.94. The third kappa shape index (κ3) is 4.72. The summed E-state index contributed by atoms with van der Waals surface area (Å²) in [6.45, 7) is 1.29. The number of amides is 1. The first-order valence-electron chi connectivity index (χ1n) is 10.3. The van der Waals surface area contributed by atoms with Gasteiger partial charge in [-0.15, -0.1) is 0 Å². The second kappa shape index (κ2) is 9.56. The van der Waals surface area contributed by atoms with Gasteiger partial charge in [-0.3, -0.25) is 9.59 Å². The van der Waals surface area contributed by atoms with Crippen molar-refractivity contribution in [3.63, 3.8) is 0 Å². The number of carbonyl (C=O) groups is 2. The van der Waals surface area contributed by atoms with Gasteiger partial charge in [-0.05, 0) is 35.4 Å². The summed E-state index contributed by atoms with van der Waals surface area (Å²) in [5, 5.41) is 3.94. The molecule has 0 bridgehead atoms. The van der Waals surface area contributed by atoms with E-state index in [0.29, 0.717) is 22.9 Å². The number of nitrogens with zero attached hydrogens (tertiary/aromatic N) is 3. The number of aromatic nitrogens is 2. The van der Waals surface area contributed by atoms with Crippen molar-refractivity contribution in [3.05, 3.63) is 65.7 Å². The van der Waals surface area contributed by atoms with E-state index in [4.69, 9.17) is 18.7 Å². The van der Waals surface area contributed by atoms with Crippen LogP contribution < -0.4 is 9.47 Å². The molecule has 170 valence electrons. The number of benzene rings is 2. The third-order valence-electron chi connectivity index (χ3n) is 5.30. The first-order chi connectivity index (χ1) is 16.0. The van der Waals surface area contributed by atoms with Gasteiger partial charge in [0.1, 0.15) is 0 Å². The number of esters is 1. The van der Waals surface area contributed by atoms with E-state index in [1.165, 1.54) is 18.9 Å². The molecule has 1 unspecified atom stereocenters. The zero-order valence-electron chi connectivity index (χ0n) is 18.5. The van der Waals surface area contributed by atoms with Crippen LogP contribution in [0.1, 0.15) is 36.4 Å². The smallest absolute Gasteiger partial charge is 0.308 e. The Labute approximate surface area is 190 Å². The highest BCUT2D eigenvalue weighted by Gasteiger charge is 2.29. The van der Waals surface area contributed by atoms with Crippen LogP contribution in [-0.4, -0.2) is 41.1 Å². The molecule has 0 saturated heterocycles. The maximum Gasteiger partial charge on any atom is 0.308 e. The Balaban J connectivity index is 1.42. The summed E-state index contributed by atoms with van der Waals surface area (Å²) in [5.41, 5.74) is 2.52. The maximum absolute atomic E-state index is 12.6. The molecule has 0 N–H and O–H groups in total. The molecule has 33 heavy (non-hydrogen) atoms. The van der Waals surface area contributed by atoms with E-state index in [9.17, 15) is 9.59 Å². The largest absolute Gasteiger partial charge is 0.493 e. The van der Waals surface area contributed by atoms with E-state index in [1.54, 1.807) is 31.5 Å². The molecule has 1 atom stereocenters. The number of hydrogen-bond acceptors (Lipinski definition) is 8. The molecule has 0 radical (unpaired) electrons. The highest BCUT2D eigenvalue weighted by atomic mass is 16.6. The molecule has 2 aromatic carbocycles. The molecular formula is C24H23N3O6. The zero-order valence-corrected chi connectivity index (χ0v) is 18.5. The summed E-state index contributed by atoms with van der Waals surface area (Å²) in [7, 11) is 3.09. The summed E-state index contributed by atoms with van der Waals surface area (Å²) < 4.78 is 21.1. The molecular weight excluding hydrogens is 426 g/mol. The second-order valence-electron chi connectivity index (χ2n) is 7.33. The molecule has 0 aliphatic carbocycles. The Morgan fingerprint density at radius 1 is 1.09 bits per heavy atom. The maximum atomic E-state index is 12.6. The van der Waals surface area contributed by atoms with Gasteiger partial charge in [0.15, 0.2) is 18.1 Å². The Hall–Kier alpha value is -4.14. The molecule has 1 aliphatic rings. The standard InChI is InChI=1S/C24H23N3O6/c1-15(28)27-11-10-16-6-4-5-7-18(16)19(27)13-23(29)32-14-22-25-24(26-33-22)17-8-9-20(30-2)21(12-17)31-3/h4-12,19H,13-14H2,1-3H3. The van der Waals surface area contributed by atoms with Crippen molar-refractivity contribution in [2.45, 2.75) is 26.0 Å². The molecule has 9 heteroatoms. The Morgan fingerprint density at radius 2 is 1.88 bits per heavy atom. The van der Waals surface area contributed by atoms with Crippen LogP contribution in [0.3, 0.4) is 0 Å². The van der Waals surface area contributed by atoms with Crippen molar-refractivity contribution in [3.8, 4) is 22.9 Å². The highest BCUT2D eigenvalue weighted by molar-refractivity contribution is 5.80. The number of ether oxygens (including phenoxy) is 3. The van der Waals surface area contributed by atoms with E-state index in [2.05, 4.69) is 10.1 Å². The van der Waals surface area contributed by atoms with Crippen LogP contribution in [0.5, 0.6) is 11.5 Å². The Kier molecular flexibility index (Phi) is 6.39. The average molecular weight is 449 g/mol. The van der Waals surface area contributed by atoms with Crippen LogP contribution in [0, 0.1) is 0 Å². The van der Waals surface area contributed by atoms with Crippen LogP contribution in [0.2, 0.25) is 0 Å². The minimum Gasteiger partial charge on any atom is -0.493 e. The third-order valence-corrected chi connectivity index (χ3v) is 5.30. The van der Waals surface area contributed by atoms with Crippen molar-refractivity contribution in [1.29, 1.82) is 0 Å². The predicted molar refractivity (Wildman–Crippen MR) is 118 cm³/mol. The number of hydrogen-bond donors (Lipinski definition) is 0. The first-order valence-corrected chi connectivity index (χ1v) is 10.3. The number of fused-ring (bicyclic) bond motifs is 1. The number of carbonyl (C=O) groups excluding carboxylic acids is 2. The van der Waals surface area contributed by atoms with E-state index >= 15 is 0 Å². The van der Waals surface area contributed by atoms with Crippen LogP contribution in [0.15, 0.2) is 53.2 Å². The lowest BCUT2D eigenvalue weighted by Crippen LogP contribution is -2.32. The molecule has 0 fully saturated rings. The number of rotatable bonds is 7. The van der Waals surface area contributed by atoms with Crippen LogP contribution >= 0.6 is 0 Å². The SMILES string of the molecule is COc1ccc(-c2noc(COC(=O)CC3c4ccccc4C=CN3C(C)=O)n2)cc1OC. The quantitative estimate of drug-likeness (QED) is 0.502. The van der Waals surface area contributed by atoms with Crippen molar-refractivity contribution in [2.24, 2.45) is 0 Å². The summed E-state index contributed by atoms with van der Waals surface area (Å²) in [6, 6.07) is 12.4. The molecule has 9 nitrogen and oxygen atoms in total. The van der Waals surface area contributed by atoms with Gasteiger partial charge in [-0.25, -0.2) is 0 Å². The van der Waals surface area contributed by atoms with Crippen LogP contribution in [0.25, 0.3) is 17.5 Å². The predicted octanol–water partition coefficient (Wildman–Crippen LogP) is 3.76. The van der Waals surface area contributed by atoms with E-state index in [1.807, 2.05) is 30.3 Å². The lowest BCUT2D eigenvalue weighted by molar-refractivity contribution is -0.147. The van der Waals surface area contributed by atoms with Gasteiger partial charge in [-0.2, -0.15) is 4.98 Å². The van der Waals surface area contributed by atoms with Crippen LogP contribution in [0.4, 0.5) is 0 Å². The molecule has 0 spiro atoms. The fourth-order valence-corrected chi connectivity index (χ4v) is 3.68. The molecule has 1 amide bonds. The van der Waals surface area contributed by atoms with Gasteiger partial charge in [0.25, 0.3) is 5.89 Å². The van der Waals surface area contributed by atoms with E-state index in [-0.39, 0.29) is 24.8 Å². The molecule has 1 aliphatic heterocycles. The first kappa shape index (κ1) is 22.1. The lowest BCUT2D eigenvalue weighted by Gasteiger charge is -2.32. The fraction of sp³-hybridized carbons (Fsp3) is 0.250. The molecule has 0 saturated carbocycles. The second-order valence-corrected chi connectivity index (χ2v) is 7.33. The zero-order chi connectivity index (χ0) is 23.4. The van der Waals surface area contributed by atoms with Crippen molar-refractivity contribution < 1.29 is 28.3 Å². The van der Waals surface area contributed by atoms with Gasteiger partial charge < -0.3 is 23.6 Å². The number of methoxy groups -OCH3 is 2. The van der Waals surface area contributed by atoms with Gasteiger partial charge in [0.2, 0.25) is 11.7 Å². The average Bonchev–Trinajstić information content (AvgIpc) is 3.31.